The largest absolute Gasteiger partial charge is 0.480 e. The summed E-state index contributed by atoms with van der Waals surface area (Å²) in [6.07, 6.45) is 0. The number of benzene rings is 1. The van der Waals surface area contributed by atoms with Crippen LogP contribution in [-0.4, -0.2) is 48.7 Å². The molecule has 3 N–H and O–H groups in total. The first-order valence-corrected chi connectivity index (χ1v) is 5.82. The Hall–Kier alpha value is -2.08. The Morgan fingerprint density at radius 1 is 1.42 bits per heavy atom. The molecule has 0 aliphatic heterocycles. The minimum atomic E-state index is -1.07. The molecule has 0 bridgehead atoms. The lowest BCUT2D eigenvalue weighted by Gasteiger charge is -2.21. The van der Waals surface area contributed by atoms with Crippen molar-refractivity contribution in [2.45, 2.75) is 6.92 Å². The van der Waals surface area contributed by atoms with E-state index < -0.39 is 11.9 Å². The second kappa shape index (κ2) is 6.75. The lowest BCUT2D eigenvalue weighted by Crippen LogP contribution is -2.38. The highest BCUT2D eigenvalue weighted by atomic mass is 16.5. The maximum absolute atomic E-state index is 12.3. The fourth-order valence-corrected chi connectivity index (χ4v) is 1.64. The van der Waals surface area contributed by atoms with E-state index in [1.165, 1.54) is 12.0 Å². The summed E-state index contributed by atoms with van der Waals surface area (Å²) in [4.78, 5) is 24.3. The average Bonchev–Trinajstić information content (AvgIpc) is 2.36. The lowest BCUT2D eigenvalue weighted by molar-refractivity contribution is -0.137. The summed E-state index contributed by atoms with van der Waals surface area (Å²) in [6, 6.07) is 5.08. The molecule has 1 rings (SSSR count). The van der Waals surface area contributed by atoms with Crippen molar-refractivity contribution in [1.82, 2.24) is 4.90 Å². The summed E-state index contributed by atoms with van der Waals surface area (Å²) in [7, 11) is 1.49. The molecule has 1 aromatic rings. The van der Waals surface area contributed by atoms with Gasteiger partial charge in [0.2, 0.25) is 0 Å². The van der Waals surface area contributed by atoms with Crippen LogP contribution in [0.15, 0.2) is 18.2 Å². The van der Waals surface area contributed by atoms with Gasteiger partial charge in [0.05, 0.1) is 12.2 Å². The first-order valence-electron chi connectivity index (χ1n) is 5.82. The number of nitrogens with two attached hydrogens (primary N) is 1. The topological polar surface area (TPSA) is 92.9 Å². The molecular weight excluding hydrogens is 248 g/mol. The molecule has 19 heavy (non-hydrogen) atoms. The van der Waals surface area contributed by atoms with E-state index in [4.69, 9.17) is 15.6 Å². The van der Waals surface area contributed by atoms with Gasteiger partial charge in [-0.05, 0) is 19.1 Å². The summed E-state index contributed by atoms with van der Waals surface area (Å²) >= 11 is 0. The summed E-state index contributed by atoms with van der Waals surface area (Å²) in [5.74, 6) is -1.48. The number of aliphatic carboxylic acids is 1. The molecule has 0 aromatic heterocycles. The van der Waals surface area contributed by atoms with E-state index in [0.717, 1.165) is 5.56 Å². The number of ether oxygens (including phenoxy) is 1. The van der Waals surface area contributed by atoms with Gasteiger partial charge in [0.1, 0.15) is 6.54 Å². The fraction of sp³-hybridized carbons (Fsp3) is 0.385. The highest BCUT2D eigenvalue weighted by Crippen LogP contribution is 2.16. The van der Waals surface area contributed by atoms with Crippen LogP contribution in [-0.2, 0) is 9.53 Å². The van der Waals surface area contributed by atoms with Crippen LogP contribution in [0.1, 0.15) is 15.9 Å². The molecule has 0 saturated heterocycles. The van der Waals surface area contributed by atoms with Crippen LogP contribution < -0.4 is 5.73 Å². The minimum absolute atomic E-state index is 0.203. The number of amides is 1. The van der Waals surface area contributed by atoms with E-state index in [9.17, 15) is 9.59 Å². The van der Waals surface area contributed by atoms with Gasteiger partial charge >= 0.3 is 5.97 Å². The van der Waals surface area contributed by atoms with E-state index in [-0.39, 0.29) is 19.7 Å². The number of carbonyl (C=O) groups excluding carboxylic acids is 1. The van der Waals surface area contributed by atoms with Gasteiger partial charge in [-0.2, -0.15) is 0 Å². The maximum atomic E-state index is 12.3. The van der Waals surface area contributed by atoms with E-state index in [1.807, 2.05) is 6.92 Å². The minimum Gasteiger partial charge on any atom is -0.480 e. The number of nitrogens with zero attached hydrogens (tertiary/aromatic N) is 1. The van der Waals surface area contributed by atoms with E-state index in [0.29, 0.717) is 11.3 Å². The van der Waals surface area contributed by atoms with Crippen LogP contribution in [0.2, 0.25) is 0 Å². The molecule has 1 aromatic carbocycles. The zero-order valence-corrected chi connectivity index (χ0v) is 11.0. The zero-order valence-electron chi connectivity index (χ0n) is 11.0. The van der Waals surface area contributed by atoms with Gasteiger partial charge in [-0.3, -0.25) is 9.59 Å². The van der Waals surface area contributed by atoms with Crippen molar-refractivity contribution in [1.29, 1.82) is 0 Å². The Morgan fingerprint density at radius 2 is 2.11 bits per heavy atom. The van der Waals surface area contributed by atoms with Crippen LogP contribution >= 0.6 is 0 Å². The fourth-order valence-electron chi connectivity index (χ4n) is 1.64. The zero-order chi connectivity index (χ0) is 14.4. The molecule has 0 saturated carbocycles. The number of hydrogen-bond acceptors (Lipinski definition) is 4. The molecule has 0 unspecified atom stereocenters. The van der Waals surface area contributed by atoms with Crippen molar-refractivity contribution < 1.29 is 19.4 Å². The summed E-state index contributed by atoms with van der Waals surface area (Å²) in [5, 5.41) is 8.84. The van der Waals surface area contributed by atoms with Gasteiger partial charge in [-0.15, -0.1) is 0 Å². The summed E-state index contributed by atoms with van der Waals surface area (Å²) < 4.78 is 4.88. The van der Waals surface area contributed by atoms with Crippen LogP contribution in [0.5, 0.6) is 0 Å². The third kappa shape index (κ3) is 4.26. The second-order valence-corrected chi connectivity index (χ2v) is 4.20. The maximum Gasteiger partial charge on any atom is 0.323 e. The normalized spacial score (nSPS) is 10.2. The number of carboxylic acid groups (broad SMARTS) is 1. The van der Waals surface area contributed by atoms with Crippen molar-refractivity contribution in [2.24, 2.45) is 0 Å². The molecular formula is C13H18N2O4. The molecule has 104 valence electrons. The van der Waals surface area contributed by atoms with Gasteiger partial charge in [-0.1, -0.05) is 11.6 Å². The van der Waals surface area contributed by atoms with Crippen LogP contribution in [0.25, 0.3) is 0 Å². The Morgan fingerprint density at radius 3 is 2.68 bits per heavy atom. The van der Waals surface area contributed by atoms with Crippen molar-refractivity contribution >= 4 is 17.6 Å². The second-order valence-electron chi connectivity index (χ2n) is 4.20. The van der Waals surface area contributed by atoms with Gasteiger partial charge in [-0.25, -0.2) is 0 Å². The molecule has 0 atom stereocenters. The van der Waals surface area contributed by atoms with Crippen LogP contribution in [0.4, 0.5) is 5.69 Å². The highest BCUT2D eigenvalue weighted by Gasteiger charge is 2.20. The molecule has 0 aliphatic rings. The quantitative estimate of drug-likeness (QED) is 0.741. The molecule has 6 heteroatoms. The van der Waals surface area contributed by atoms with Crippen molar-refractivity contribution in [2.75, 3.05) is 32.5 Å². The molecule has 0 radical (unpaired) electrons. The SMILES string of the molecule is COCCN(CC(=O)O)C(=O)c1cc(C)ccc1N. The Bertz CT molecular complexity index is 474. The smallest absolute Gasteiger partial charge is 0.323 e. The third-order valence-corrected chi connectivity index (χ3v) is 2.62. The number of hydrogen-bond donors (Lipinski definition) is 2. The molecule has 1 amide bonds. The number of rotatable bonds is 6. The monoisotopic (exact) mass is 266 g/mol. The number of methoxy groups -OCH3 is 1. The highest BCUT2D eigenvalue weighted by molar-refractivity contribution is 6.00. The first kappa shape index (κ1) is 15.0. The number of carboxylic acids is 1. The van der Waals surface area contributed by atoms with E-state index in [2.05, 4.69) is 0 Å². The van der Waals surface area contributed by atoms with Gasteiger partial charge < -0.3 is 20.5 Å². The van der Waals surface area contributed by atoms with E-state index >= 15 is 0 Å². The molecule has 0 heterocycles. The Kier molecular flexibility index (Phi) is 5.32. The van der Waals surface area contributed by atoms with Crippen molar-refractivity contribution in [3.8, 4) is 0 Å². The number of nitrogen functional groups attached to an aromatic ring is 1. The molecule has 0 aliphatic carbocycles. The average molecular weight is 266 g/mol. The summed E-state index contributed by atoms with van der Waals surface area (Å²) in [6.45, 7) is 1.93. The van der Waals surface area contributed by atoms with Crippen LogP contribution in [0.3, 0.4) is 0 Å². The number of aryl methyl sites for hydroxylation is 1. The first-order chi connectivity index (χ1) is 8.95. The third-order valence-electron chi connectivity index (χ3n) is 2.62. The Balaban J connectivity index is 2.97. The van der Waals surface area contributed by atoms with E-state index in [1.54, 1.807) is 18.2 Å². The number of anilines is 1. The Labute approximate surface area is 111 Å². The molecule has 0 spiro atoms. The van der Waals surface area contributed by atoms with Crippen LogP contribution in [0, 0.1) is 6.92 Å². The van der Waals surface area contributed by atoms with Crippen molar-refractivity contribution in [3.05, 3.63) is 29.3 Å². The van der Waals surface area contributed by atoms with Gasteiger partial charge in [0.15, 0.2) is 0 Å². The lowest BCUT2D eigenvalue weighted by atomic mass is 10.1. The van der Waals surface area contributed by atoms with Crippen molar-refractivity contribution in [3.63, 3.8) is 0 Å². The molecule has 6 nitrogen and oxygen atoms in total. The number of carbonyl (C=O) groups is 2. The van der Waals surface area contributed by atoms with Gasteiger partial charge in [0, 0.05) is 19.3 Å². The predicted molar refractivity (Wildman–Crippen MR) is 71.0 cm³/mol. The standard InChI is InChI=1S/C13H18N2O4/c1-9-3-4-11(14)10(7-9)13(18)15(5-6-19-2)8-12(16)17/h3-4,7H,5-6,8,14H2,1-2H3,(H,16,17). The van der Waals surface area contributed by atoms with Gasteiger partial charge in [0.25, 0.3) is 5.91 Å². The predicted octanol–water partition coefficient (Wildman–Crippen LogP) is 0.750. The molecule has 0 fully saturated rings. The summed E-state index contributed by atoms with van der Waals surface area (Å²) in [5.41, 5.74) is 7.30.